The Labute approximate surface area is 102 Å². The normalized spacial score (nSPS) is 10.9. The highest BCUT2D eigenvalue weighted by Gasteiger charge is 2.12. The first-order valence-electron chi connectivity index (χ1n) is 5.33. The number of anilines is 1. The highest BCUT2D eigenvalue weighted by molar-refractivity contribution is 5.75. The molecule has 0 amide bonds. The van der Waals surface area contributed by atoms with Gasteiger partial charge in [0.15, 0.2) is 5.58 Å². The molecular weight excluding hydrogens is 232 g/mol. The minimum absolute atomic E-state index is 0.172. The largest absolute Gasteiger partial charge is 0.508 e. The van der Waals surface area contributed by atoms with Gasteiger partial charge in [-0.3, -0.25) is 0 Å². The van der Waals surface area contributed by atoms with E-state index in [0.717, 1.165) is 5.56 Å². The first kappa shape index (κ1) is 10.5. The van der Waals surface area contributed by atoms with Gasteiger partial charge in [-0.2, -0.15) is 9.97 Å². The van der Waals surface area contributed by atoms with Crippen molar-refractivity contribution in [1.82, 2.24) is 15.0 Å². The van der Waals surface area contributed by atoms with Crippen molar-refractivity contribution in [1.29, 1.82) is 0 Å². The summed E-state index contributed by atoms with van der Waals surface area (Å²) in [5.41, 5.74) is 7.91. The summed E-state index contributed by atoms with van der Waals surface area (Å²) < 4.78 is 5.61. The monoisotopic (exact) mass is 242 g/mol. The maximum atomic E-state index is 9.23. The molecule has 3 N–H and O–H groups in total. The minimum Gasteiger partial charge on any atom is -0.508 e. The van der Waals surface area contributed by atoms with Crippen LogP contribution in [0.15, 0.2) is 28.7 Å². The molecule has 2 aromatic heterocycles. The van der Waals surface area contributed by atoms with Gasteiger partial charge in [-0.25, -0.2) is 4.98 Å². The third-order valence-corrected chi connectivity index (χ3v) is 2.55. The van der Waals surface area contributed by atoms with Gasteiger partial charge >= 0.3 is 0 Å². The molecule has 0 aliphatic heterocycles. The second kappa shape index (κ2) is 3.69. The zero-order valence-corrected chi connectivity index (χ0v) is 9.58. The average molecular weight is 242 g/mol. The Morgan fingerprint density at radius 1 is 1.11 bits per heavy atom. The number of aromatic nitrogens is 3. The Morgan fingerprint density at radius 2 is 1.83 bits per heavy atom. The number of phenols is 1. The highest BCUT2D eigenvalue weighted by atomic mass is 16.3. The topological polar surface area (TPSA) is 98.1 Å². The van der Waals surface area contributed by atoms with Crippen LogP contribution in [0.3, 0.4) is 0 Å². The van der Waals surface area contributed by atoms with Crippen LogP contribution in [0.2, 0.25) is 0 Å². The molecule has 1 aromatic carbocycles. The number of fused-ring (bicyclic) bond motifs is 1. The second-order valence-corrected chi connectivity index (χ2v) is 3.89. The van der Waals surface area contributed by atoms with Gasteiger partial charge in [-0.1, -0.05) is 0 Å². The number of nitrogen functional groups attached to an aromatic ring is 1. The standard InChI is InChI=1S/C12H10N4O2/c1-6-9-10(16-12(13)14-6)15-11(18-9)7-2-4-8(17)5-3-7/h2-5,17H,1H3,(H2,13,14,16). The number of oxazole rings is 1. The first-order valence-corrected chi connectivity index (χ1v) is 5.33. The van der Waals surface area contributed by atoms with Crippen LogP contribution >= 0.6 is 0 Å². The third-order valence-electron chi connectivity index (χ3n) is 2.55. The maximum Gasteiger partial charge on any atom is 0.228 e. The van der Waals surface area contributed by atoms with Gasteiger partial charge in [0.25, 0.3) is 0 Å². The zero-order chi connectivity index (χ0) is 12.7. The van der Waals surface area contributed by atoms with E-state index in [0.29, 0.717) is 22.8 Å². The van der Waals surface area contributed by atoms with Gasteiger partial charge in [0.2, 0.25) is 17.5 Å². The SMILES string of the molecule is Cc1nc(N)nc2nc(-c3ccc(O)cc3)oc12. The predicted molar refractivity (Wildman–Crippen MR) is 65.8 cm³/mol. The van der Waals surface area contributed by atoms with Crippen molar-refractivity contribution in [3.63, 3.8) is 0 Å². The van der Waals surface area contributed by atoms with E-state index in [1.165, 1.54) is 0 Å². The molecule has 18 heavy (non-hydrogen) atoms. The molecule has 0 aliphatic carbocycles. The van der Waals surface area contributed by atoms with Gasteiger partial charge in [0.1, 0.15) is 5.75 Å². The number of hydrogen-bond donors (Lipinski definition) is 2. The molecular formula is C12H10N4O2. The lowest BCUT2D eigenvalue weighted by atomic mass is 10.2. The van der Waals surface area contributed by atoms with Crippen LogP contribution in [0, 0.1) is 6.92 Å². The summed E-state index contributed by atoms with van der Waals surface area (Å²) in [6, 6.07) is 6.56. The fourth-order valence-electron chi connectivity index (χ4n) is 1.71. The smallest absolute Gasteiger partial charge is 0.228 e. The van der Waals surface area contributed by atoms with Crippen LogP contribution in [0.5, 0.6) is 5.75 Å². The fourth-order valence-corrected chi connectivity index (χ4v) is 1.71. The van der Waals surface area contributed by atoms with Crippen molar-refractivity contribution in [3.05, 3.63) is 30.0 Å². The lowest BCUT2D eigenvalue weighted by molar-refractivity contribution is 0.475. The van der Waals surface area contributed by atoms with Crippen molar-refractivity contribution in [2.24, 2.45) is 0 Å². The summed E-state index contributed by atoms with van der Waals surface area (Å²) in [6.45, 7) is 1.78. The average Bonchev–Trinajstić information content (AvgIpc) is 2.74. The number of rotatable bonds is 1. The van der Waals surface area contributed by atoms with Crippen LogP contribution in [0.4, 0.5) is 5.95 Å². The molecule has 6 heteroatoms. The molecule has 0 radical (unpaired) electrons. The Hall–Kier alpha value is -2.63. The lowest BCUT2D eigenvalue weighted by Gasteiger charge is -1.95. The molecule has 0 saturated heterocycles. The second-order valence-electron chi connectivity index (χ2n) is 3.89. The molecule has 2 heterocycles. The fraction of sp³-hybridized carbons (Fsp3) is 0.0833. The summed E-state index contributed by atoms with van der Waals surface area (Å²) in [7, 11) is 0. The van der Waals surface area contributed by atoms with Gasteiger partial charge in [0.05, 0.1) is 5.69 Å². The molecule has 3 aromatic rings. The molecule has 0 spiro atoms. The summed E-state index contributed by atoms with van der Waals surface area (Å²) in [5.74, 6) is 0.786. The molecule has 0 unspecified atom stereocenters. The van der Waals surface area contributed by atoms with Crippen molar-refractivity contribution in [2.75, 3.05) is 5.73 Å². The van der Waals surface area contributed by atoms with Crippen LogP contribution < -0.4 is 5.73 Å². The number of hydrogen-bond acceptors (Lipinski definition) is 6. The summed E-state index contributed by atoms with van der Waals surface area (Å²) >= 11 is 0. The van der Waals surface area contributed by atoms with Crippen molar-refractivity contribution in [2.45, 2.75) is 6.92 Å². The van der Waals surface area contributed by atoms with Crippen molar-refractivity contribution < 1.29 is 9.52 Å². The molecule has 3 rings (SSSR count). The summed E-state index contributed by atoms with van der Waals surface area (Å²) in [5, 5.41) is 9.23. The summed E-state index contributed by atoms with van der Waals surface area (Å²) in [6.07, 6.45) is 0. The van der Waals surface area contributed by atoms with Crippen molar-refractivity contribution >= 4 is 17.2 Å². The number of benzene rings is 1. The van der Waals surface area contributed by atoms with E-state index < -0.39 is 0 Å². The van der Waals surface area contributed by atoms with Gasteiger partial charge in [0, 0.05) is 5.56 Å². The Morgan fingerprint density at radius 3 is 2.56 bits per heavy atom. The number of aromatic hydroxyl groups is 1. The number of nitrogens with two attached hydrogens (primary N) is 1. The van der Waals surface area contributed by atoms with E-state index in [-0.39, 0.29) is 11.7 Å². The highest BCUT2D eigenvalue weighted by Crippen LogP contribution is 2.26. The number of phenolic OH excluding ortho intramolecular Hbond substituents is 1. The van der Waals surface area contributed by atoms with E-state index >= 15 is 0 Å². The van der Waals surface area contributed by atoms with Crippen LogP contribution in [-0.4, -0.2) is 20.1 Å². The molecule has 0 fully saturated rings. The van der Waals surface area contributed by atoms with E-state index in [2.05, 4.69) is 15.0 Å². The molecule has 0 bridgehead atoms. The lowest BCUT2D eigenvalue weighted by Crippen LogP contribution is -1.96. The maximum absolute atomic E-state index is 9.23. The van der Waals surface area contributed by atoms with Crippen LogP contribution in [0.25, 0.3) is 22.7 Å². The third kappa shape index (κ3) is 1.64. The number of aryl methyl sites for hydroxylation is 1. The van der Waals surface area contributed by atoms with E-state index in [4.69, 9.17) is 10.2 Å². The predicted octanol–water partition coefficient (Wildman–Crippen LogP) is 1.88. The van der Waals surface area contributed by atoms with E-state index in [1.54, 1.807) is 31.2 Å². The van der Waals surface area contributed by atoms with Gasteiger partial charge in [-0.15, -0.1) is 0 Å². The molecule has 0 saturated carbocycles. The van der Waals surface area contributed by atoms with E-state index in [1.807, 2.05) is 0 Å². The number of nitrogens with zero attached hydrogens (tertiary/aromatic N) is 3. The zero-order valence-electron chi connectivity index (χ0n) is 9.58. The summed E-state index contributed by atoms with van der Waals surface area (Å²) in [4.78, 5) is 12.3. The van der Waals surface area contributed by atoms with E-state index in [9.17, 15) is 5.11 Å². The Bertz CT molecular complexity index is 719. The molecule has 0 aliphatic rings. The van der Waals surface area contributed by atoms with Gasteiger partial charge in [-0.05, 0) is 31.2 Å². The van der Waals surface area contributed by atoms with Crippen LogP contribution in [0.1, 0.15) is 5.69 Å². The molecule has 90 valence electrons. The van der Waals surface area contributed by atoms with Crippen molar-refractivity contribution in [3.8, 4) is 17.2 Å². The Kier molecular flexibility index (Phi) is 2.16. The Balaban J connectivity index is 2.19. The first-order chi connectivity index (χ1) is 8.63. The molecule has 0 atom stereocenters. The molecule has 6 nitrogen and oxygen atoms in total. The minimum atomic E-state index is 0.172. The van der Waals surface area contributed by atoms with Gasteiger partial charge < -0.3 is 15.3 Å². The quantitative estimate of drug-likeness (QED) is 0.676. The van der Waals surface area contributed by atoms with Crippen LogP contribution in [-0.2, 0) is 0 Å².